The minimum absolute atomic E-state index is 0.387. The molecule has 0 amide bonds. The monoisotopic (exact) mass is 334 g/mol. The third-order valence-corrected chi connectivity index (χ3v) is 3.25. The lowest BCUT2D eigenvalue weighted by atomic mass is 10.2. The molecule has 0 fully saturated rings. The Morgan fingerprint density at radius 3 is 2.58 bits per heavy atom. The zero-order valence-corrected chi connectivity index (χ0v) is 12.0. The van der Waals surface area contributed by atoms with Crippen molar-refractivity contribution in [1.29, 1.82) is 0 Å². The fraction of sp³-hybridized carbons (Fsp3) is 0. The van der Waals surface area contributed by atoms with E-state index < -0.39 is 0 Å². The quantitative estimate of drug-likeness (QED) is 0.670. The van der Waals surface area contributed by atoms with Crippen LogP contribution in [0.25, 0.3) is 17.2 Å². The molecule has 0 spiro atoms. The maximum atomic E-state index is 6.05. The molecular weight excluding hydrogens is 328 g/mol. The molecule has 0 saturated carbocycles. The summed E-state index contributed by atoms with van der Waals surface area (Å²) in [7, 11) is 0. The normalized spacial score (nSPS) is 10.6. The van der Waals surface area contributed by atoms with Crippen molar-refractivity contribution in [1.82, 2.24) is 19.7 Å². The van der Waals surface area contributed by atoms with Gasteiger partial charge in [-0.15, -0.1) is 0 Å². The lowest BCUT2D eigenvalue weighted by Crippen LogP contribution is -2.01. The first-order valence-corrected chi connectivity index (χ1v) is 6.70. The molecule has 0 unspecified atom stereocenters. The van der Waals surface area contributed by atoms with Crippen LogP contribution in [0.1, 0.15) is 0 Å². The molecule has 3 rings (SSSR count). The second kappa shape index (κ2) is 5.11. The van der Waals surface area contributed by atoms with Crippen LogP contribution in [-0.2, 0) is 0 Å². The van der Waals surface area contributed by atoms with E-state index in [9.17, 15) is 0 Å². The van der Waals surface area contributed by atoms with Gasteiger partial charge in [-0.05, 0) is 18.2 Å². The van der Waals surface area contributed by atoms with E-state index in [2.05, 4.69) is 31.0 Å². The molecule has 0 aliphatic rings. The molecule has 94 valence electrons. The van der Waals surface area contributed by atoms with Crippen LogP contribution in [0, 0.1) is 0 Å². The fourth-order valence-corrected chi connectivity index (χ4v) is 2.10. The molecule has 4 nitrogen and oxygen atoms in total. The molecule has 3 aromatic rings. The first kappa shape index (κ1) is 12.3. The molecule has 6 heteroatoms. The van der Waals surface area contributed by atoms with E-state index in [1.54, 1.807) is 16.9 Å². The zero-order chi connectivity index (χ0) is 13.2. The van der Waals surface area contributed by atoms with Crippen LogP contribution >= 0.6 is 27.5 Å². The van der Waals surface area contributed by atoms with Crippen molar-refractivity contribution in [2.75, 3.05) is 0 Å². The van der Waals surface area contributed by atoms with E-state index in [-0.39, 0.29) is 0 Å². The van der Waals surface area contributed by atoms with Crippen LogP contribution < -0.4 is 0 Å². The highest BCUT2D eigenvalue weighted by Gasteiger charge is 2.07. The highest BCUT2D eigenvalue weighted by Crippen LogP contribution is 2.21. The number of benzene rings is 1. The highest BCUT2D eigenvalue weighted by atomic mass is 79.9. The minimum Gasteiger partial charge on any atom is -0.222 e. The van der Waals surface area contributed by atoms with E-state index in [0.717, 1.165) is 10.0 Å². The van der Waals surface area contributed by atoms with Crippen molar-refractivity contribution in [3.63, 3.8) is 0 Å². The van der Waals surface area contributed by atoms with E-state index in [0.29, 0.717) is 16.8 Å². The van der Waals surface area contributed by atoms with Crippen LogP contribution in [0.3, 0.4) is 0 Å². The Hall–Kier alpha value is -1.72. The third kappa shape index (κ3) is 2.67. The topological polar surface area (TPSA) is 43.6 Å². The van der Waals surface area contributed by atoms with Crippen molar-refractivity contribution < 1.29 is 0 Å². The van der Waals surface area contributed by atoms with Gasteiger partial charge in [0.25, 0.3) is 0 Å². The summed E-state index contributed by atoms with van der Waals surface area (Å²) in [4.78, 5) is 8.71. The van der Waals surface area contributed by atoms with E-state index >= 15 is 0 Å². The molecule has 0 saturated heterocycles. The molecule has 2 heterocycles. The van der Waals surface area contributed by atoms with Crippen LogP contribution in [0.2, 0.25) is 5.15 Å². The van der Waals surface area contributed by atoms with Crippen LogP contribution in [0.5, 0.6) is 0 Å². The SMILES string of the molecule is Clc1cc(-n2cccn2)nc(-c2ccc(Br)cc2)n1. The molecule has 0 aliphatic carbocycles. The van der Waals surface area contributed by atoms with Gasteiger partial charge >= 0.3 is 0 Å². The van der Waals surface area contributed by atoms with E-state index in [1.165, 1.54) is 0 Å². The Morgan fingerprint density at radius 2 is 1.89 bits per heavy atom. The van der Waals surface area contributed by atoms with Gasteiger partial charge < -0.3 is 0 Å². The number of aromatic nitrogens is 4. The number of halogens is 2. The van der Waals surface area contributed by atoms with Gasteiger partial charge in [-0.3, -0.25) is 0 Å². The molecule has 0 N–H and O–H groups in total. The summed E-state index contributed by atoms with van der Waals surface area (Å²) in [6.45, 7) is 0. The summed E-state index contributed by atoms with van der Waals surface area (Å²) in [5.74, 6) is 1.22. The summed E-state index contributed by atoms with van der Waals surface area (Å²) in [5, 5.41) is 4.52. The summed E-state index contributed by atoms with van der Waals surface area (Å²) in [6, 6.07) is 11.2. The number of rotatable bonds is 2. The molecule has 0 radical (unpaired) electrons. The fourth-order valence-electron chi connectivity index (χ4n) is 1.66. The Labute approximate surface area is 123 Å². The molecule has 2 aromatic heterocycles. The van der Waals surface area contributed by atoms with Gasteiger partial charge in [-0.2, -0.15) is 5.10 Å². The van der Waals surface area contributed by atoms with Crippen molar-refractivity contribution in [3.8, 4) is 17.2 Å². The van der Waals surface area contributed by atoms with Gasteiger partial charge in [-0.25, -0.2) is 14.6 Å². The second-order valence-corrected chi connectivity index (χ2v) is 5.13. The Kier molecular flexibility index (Phi) is 3.31. The van der Waals surface area contributed by atoms with Gasteiger partial charge in [0.15, 0.2) is 11.6 Å². The maximum absolute atomic E-state index is 6.05. The average molecular weight is 336 g/mol. The predicted octanol–water partition coefficient (Wildman–Crippen LogP) is 3.75. The van der Waals surface area contributed by atoms with Crippen molar-refractivity contribution in [2.24, 2.45) is 0 Å². The van der Waals surface area contributed by atoms with Gasteiger partial charge in [0.05, 0.1) is 0 Å². The number of hydrogen-bond donors (Lipinski definition) is 0. The molecule has 0 atom stereocenters. The van der Waals surface area contributed by atoms with Gasteiger partial charge in [-0.1, -0.05) is 39.7 Å². The van der Waals surface area contributed by atoms with Gasteiger partial charge in [0.2, 0.25) is 0 Å². The lowest BCUT2D eigenvalue weighted by molar-refractivity contribution is 0.842. The number of hydrogen-bond acceptors (Lipinski definition) is 3. The molecule has 0 bridgehead atoms. The first-order chi connectivity index (χ1) is 9.22. The van der Waals surface area contributed by atoms with Crippen LogP contribution in [0.15, 0.2) is 53.3 Å². The maximum Gasteiger partial charge on any atom is 0.163 e. The Bertz CT molecular complexity index is 695. The Balaban J connectivity index is 2.10. The predicted molar refractivity (Wildman–Crippen MR) is 77.3 cm³/mol. The van der Waals surface area contributed by atoms with Crippen molar-refractivity contribution in [2.45, 2.75) is 0 Å². The first-order valence-electron chi connectivity index (χ1n) is 5.53. The summed E-state index contributed by atoms with van der Waals surface area (Å²) < 4.78 is 2.65. The largest absolute Gasteiger partial charge is 0.222 e. The van der Waals surface area contributed by atoms with Crippen molar-refractivity contribution >= 4 is 27.5 Å². The molecular formula is C13H8BrClN4. The molecule has 19 heavy (non-hydrogen) atoms. The van der Waals surface area contributed by atoms with Crippen molar-refractivity contribution in [3.05, 3.63) is 58.4 Å². The lowest BCUT2D eigenvalue weighted by Gasteiger charge is -2.05. The summed E-state index contributed by atoms with van der Waals surface area (Å²) >= 11 is 9.44. The summed E-state index contributed by atoms with van der Waals surface area (Å²) in [5.41, 5.74) is 0.902. The van der Waals surface area contributed by atoms with E-state index in [1.807, 2.05) is 36.5 Å². The van der Waals surface area contributed by atoms with Gasteiger partial charge in [0, 0.05) is 28.5 Å². The second-order valence-electron chi connectivity index (χ2n) is 3.83. The van der Waals surface area contributed by atoms with E-state index in [4.69, 9.17) is 11.6 Å². The van der Waals surface area contributed by atoms with Crippen LogP contribution in [0.4, 0.5) is 0 Å². The van der Waals surface area contributed by atoms with Crippen LogP contribution in [-0.4, -0.2) is 19.7 Å². The third-order valence-electron chi connectivity index (χ3n) is 2.52. The standard InChI is InChI=1S/C13H8BrClN4/c14-10-4-2-9(3-5-10)13-17-11(15)8-12(18-13)19-7-1-6-16-19/h1-8H. The number of nitrogens with zero attached hydrogens (tertiary/aromatic N) is 4. The van der Waals surface area contributed by atoms with Gasteiger partial charge in [0.1, 0.15) is 5.15 Å². The molecule has 0 aliphatic heterocycles. The molecule has 1 aromatic carbocycles. The minimum atomic E-state index is 0.387. The smallest absolute Gasteiger partial charge is 0.163 e. The average Bonchev–Trinajstić information content (AvgIpc) is 2.93. The highest BCUT2D eigenvalue weighted by molar-refractivity contribution is 9.10. The summed E-state index contributed by atoms with van der Waals surface area (Å²) in [6.07, 6.45) is 3.50. The zero-order valence-electron chi connectivity index (χ0n) is 9.66. The Morgan fingerprint density at radius 1 is 1.11 bits per heavy atom.